The fourth-order valence-corrected chi connectivity index (χ4v) is 2.20. The molecule has 0 saturated heterocycles. The molecule has 4 heteroatoms. The van der Waals surface area contributed by atoms with Gasteiger partial charge in [-0.05, 0) is 55.7 Å². The molecule has 0 atom stereocenters. The standard InChI is InChI=1S/C17H18N2O2/c1-10-8-12(3)14(9-11(10)2)17(21)19-15-7-5-4-6-13(15)16(18)20/h4-9H,1-3H3,(H2,18,20)(H,19,21). The number of rotatable bonds is 3. The SMILES string of the molecule is Cc1cc(C)c(C(=O)Nc2ccccc2C(N)=O)cc1C. The first kappa shape index (κ1) is 14.8. The molecule has 0 bridgehead atoms. The van der Waals surface area contributed by atoms with Crippen LogP contribution in [0.1, 0.15) is 37.4 Å². The van der Waals surface area contributed by atoms with Gasteiger partial charge < -0.3 is 11.1 Å². The van der Waals surface area contributed by atoms with Crippen LogP contribution in [0.5, 0.6) is 0 Å². The zero-order valence-corrected chi connectivity index (χ0v) is 12.4. The van der Waals surface area contributed by atoms with Gasteiger partial charge in [0.15, 0.2) is 0 Å². The van der Waals surface area contributed by atoms with E-state index in [1.54, 1.807) is 24.3 Å². The van der Waals surface area contributed by atoms with Gasteiger partial charge in [0.05, 0.1) is 11.3 Å². The van der Waals surface area contributed by atoms with Crippen LogP contribution in [0.3, 0.4) is 0 Å². The molecule has 0 aromatic heterocycles. The minimum atomic E-state index is -0.567. The molecule has 0 aliphatic heterocycles. The number of benzene rings is 2. The van der Waals surface area contributed by atoms with Crippen LogP contribution in [0.2, 0.25) is 0 Å². The van der Waals surface area contributed by atoms with Crippen LogP contribution in [-0.4, -0.2) is 11.8 Å². The Bertz CT molecular complexity index is 721. The van der Waals surface area contributed by atoms with Gasteiger partial charge in [-0.3, -0.25) is 9.59 Å². The van der Waals surface area contributed by atoms with Crippen molar-refractivity contribution in [3.8, 4) is 0 Å². The average Bonchev–Trinajstić information content (AvgIpc) is 2.43. The van der Waals surface area contributed by atoms with Crippen molar-refractivity contribution in [3.05, 3.63) is 64.2 Å². The Balaban J connectivity index is 2.35. The van der Waals surface area contributed by atoms with E-state index in [2.05, 4.69) is 5.32 Å². The lowest BCUT2D eigenvalue weighted by Crippen LogP contribution is -2.19. The van der Waals surface area contributed by atoms with E-state index >= 15 is 0 Å². The van der Waals surface area contributed by atoms with Crippen LogP contribution in [-0.2, 0) is 0 Å². The number of carbonyl (C=O) groups excluding carboxylic acids is 2. The summed E-state index contributed by atoms with van der Waals surface area (Å²) >= 11 is 0. The number of nitrogens with two attached hydrogens (primary N) is 1. The maximum absolute atomic E-state index is 12.4. The summed E-state index contributed by atoms with van der Waals surface area (Å²) in [7, 11) is 0. The Morgan fingerprint density at radius 3 is 2.19 bits per heavy atom. The molecule has 0 heterocycles. The lowest BCUT2D eigenvalue weighted by atomic mass is 10.00. The van der Waals surface area contributed by atoms with Crippen LogP contribution in [0.15, 0.2) is 36.4 Å². The van der Waals surface area contributed by atoms with Gasteiger partial charge in [0, 0.05) is 5.56 Å². The molecule has 0 unspecified atom stereocenters. The van der Waals surface area contributed by atoms with Crippen molar-refractivity contribution in [3.63, 3.8) is 0 Å². The molecular formula is C17H18N2O2. The van der Waals surface area contributed by atoms with Gasteiger partial charge in [-0.25, -0.2) is 0 Å². The predicted octanol–water partition coefficient (Wildman–Crippen LogP) is 2.96. The summed E-state index contributed by atoms with van der Waals surface area (Å²) in [6.07, 6.45) is 0. The highest BCUT2D eigenvalue weighted by atomic mass is 16.2. The maximum Gasteiger partial charge on any atom is 0.255 e. The van der Waals surface area contributed by atoms with Crippen LogP contribution < -0.4 is 11.1 Å². The first-order valence-corrected chi connectivity index (χ1v) is 6.68. The highest BCUT2D eigenvalue weighted by molar-refractivity contribution is 6.09. The van der Waals surface area contributed by atoms with Gasteiger partial charge in [-0.15, -0.1) is 0 Å². The average molecular weight is 282 g/mol. The van der Waals surface area contributed by atoms with Crippen LogP contribution in [0.25, 0.3) is 0 Å². The van der Waals surface area contributed by atoms with Crippen molar-refractivity contribution in [2.75, 3.05) is 5.32 Å². The highest BCUT2D eigenvalue weighted by Gasteiger charge is 2.14. The zero-order chi connectivity index (χ0) is 15.6. The van der Waals surface area contributed by atoms with Crippen molar-refractivity contribution < 1.29 is 9.59 Å². The molecule has 2 aromatic carbocycles. The number of anilines is 1. The molecule has 108 valence electrons. The fourth-order valence-electron chi connectivity index (χ4n) is 2.20. The second-order valence-electron chi connectivity index (χ2n) is 5.12. The summed E-state index contributed by atoms with van der Waals surface area (Å²) in [6, 6.07) is 10.5. The normalized spacial score (nSPS) is 10.2. The quantitative estimate of drug-likeness (QED) is 0.908. The largest absolute Gasteiger partial charge is 0.366 e. The molecule has 0 spiro atoms. The monoisotopic (exact) mass is 282 g/mol. The molecule has 2 amide bonds. The Kier molecular flexibility index (Phi) is 4.08. The molecular weight excluding hydrogens is 264 g/mol. The third-order valence-electron chi connectivity index (χ3n) is 3.53. The lowest BCUT2D eigenvalue weighted by molar-refractivity contribution is 0.100. The van der Waals surface area contributed by atoms with E-state index in [-0.39, 0.29) is 5.91 Å². The number of hydrogen-bond donors (Lipinski definition) is 2. The molecule has 0 fully saturated rings. The van der Waals surface area contributed by atoms with E-state index in [0.29, 0.717) is 16.8 Å². The number of primary amides is 1. The number of para-hydroxylation sites is 1. The van der Waals surface area contributed by atoms with Gasteiger partial charge in [0.25, 0.3) is 11.8 Å². The van der Waals surface area contributed by atoms with Crippen molar-refractivity contribution in [2.24, 2.45) is 5.73 Å². The van der Waals surface area contributed by atoms with Crippen molar-refractivity contribution in [1.82, 2.24) is 0 Å². The van der Waals surface area contributed by atoms with Gasteiger partial charge in [0.2, 0.25) is 0 Å². The van der Waals surface area contributed by atoms with E-state index in [4.69, 9.17) is 5.73 Å². The van der Waals surface area contributed by atoms with E-state index in [0.717, 1.165) is 16.7 Å². The van der Waals surface area contributed by atoms with Crippen LogP contribution >= 0.6 is 0 Å². The molecule has 4 nitrogen and oxygen atoms in total. The van der Waals surface area contributed by atoms with E-state index in [1.807, 2.05) is 32.9 Å². The number of nitrogens with one attached hydrogen (secondary N) is 1. The van der Waals surface area contributed by atoms with Crippen molar-refractivity contribution >= 4 is 17.5 Å². The van der Waals surface area contributed by atoms with Crippen LogP contribution in [0, 0.1) is 20.8 Å². The molecule has 0 aliphatic rings. The van der Waals surface area contributed by atoms with Gasteiger partial charge in [-0.2, -0.15) is 0 Å². The minimum absolute atomic E-state index is 0.246. The Morgan fingerprint density at radius 1 is 0.905 bits per heavy atom. The number of amides is 2. The maximum atomic E-state index is 12.4. The van der Waals surface area contributed by atoms with E-state index < -0.39 is 5.91 Å². The number of hydrogen-bond acceptors (Lipinski definition) is 2. The second kappa shape index (κ2) is 5.79. The Labute approximate surface area is 124 Å². The first-order chi connectivity index (χ1) is 9.90. The lowest BCUT2D eigenvalue weighted by Gasteiger charge is -2.12. The van der Waals surface area contributed by atoms with E-state index in [1.165, 1.54) is 0 Å². The van der Waals surface area contributed by atoms with E-state index in [9.17, 15) is 9.59 Å². The molecule has 21 heavy (non-hydrogen) atoms. The highest BCUT2D eigenvalue weighted by Crippen LogP contribution is 2.19. The summed E-state index contributed by atoms with van der Waals surface area (Å²) in [5.41, 5.74) is 9.72. The third kappa shape index (κ3) is 3.11. The Hall–Kier alpha value is -2.62. The number of aryl methyl sites for hydroxylation is 3. The summed E-state index contributed by atoms with van der Waals surface area (Å²) < 4.78 is 0. The zero-order valence-electron chi connectivity index (χ0n) is 12.4. The minimum Gasteiger partial charge on any atom is -0.366 e. The molecule has 0 aliphatic carbocycles. The molecule has 3 N–H and O–H groups in total. The first-order valence-electron chi connectivity index (χ1n) is 6.68. The fraction of sp³-hybridized carbons (Fsp3) is 0.176. The van der Waals surface area contributed by atoms with Gasteiger partial charge in [-0.1, -0.05) is 18.2 Å². The summed E-state index contributed by atoms with van der Waals surface area (Å²) in [5, 5.41) is 2.76. The smallest absolute Gasteiger partial charge is 0.255 e. The second-order valence-corrected chi connectivity index (χ2v) is 5.12. The number of carbonyl (C=O) groups is 2. The summed E-state index contributed by atoms with van der Waals surface area (Å²) in [4.78, 5) is 23.8. The van der Waals surface area contributed by atoms with Crippen molar-refractivity contribution in [1.29, 1.82) is 0 Å². The molecule has 2 aromatic rings. The Morgan fingerprint density at radius 2 is 1.52 bits per heavy atom. The molecule has 0 saturated carbocycles. The third-order valence-corrected chi connectivity index (χ3v) is 3.53. The molecule has 2 rings (SSSR count). The summed E-state index contributed by atoms with van der Waals surface area (Å²) in [6.45, 7) is 5.86. The summed E-state index contributed by atoms with van der Waals surface area (Å²) in [5.74, 6) is -0.813. The van der Waals surface area contributed by atoms with Gasteiger partial charge >= 0.3 is 0 Å². The topological polar surface area (TPSA) is 72.2 Å². The van der Waals surface area contributed by atoms with Crippen molar-refractivity contribution in [2.45, 2.75) is 20.8 Å². The van der Waals surface area contributed by atoms with Crippen LogP contribution in [0.4, 0.5) is 5.69 Å². The predicted molar refractivity (Wildman–Crippen MR) is 83.6 cm³/mol. The molecule has 0 radical (unpaired) electrons. The van der Waals surface area contributed by atoms with Gasteiger partial charge in [0.1, 0.15) is 0 Å².